The topological polar surface area (TPSA) is 52.0 Å². The summed E-state index contributed by atoms with van der Waals surface area (Å²) < 4.78 is 31.5. The summed E-state index contributed by atoms with van der Waals surface area (Å²) in [5.41, 5.74) is 6.50. The standard InChI is InChI=1S/C11H10F2N2O/c1-2-6-3-7(10(13)9(12)4-6)8-5-15-16-11(8)14/h3-5H,2,14H2,1H3. The average molecular weight is 224 g/mol. The molecule has 0 unspecified atom stereocenters. The molecule has 0 bridgehead atoms. The van der Waals surface area contributed by atoms with Crippen LogP contribution >= 0.6 is 0 Å². The van der Waals surface area contributed by atoms with E-state index in [4.69, 9.17) is 5.73 Å². The van der Waals surface area contributed by atoms with Gasteiger partial charge in [-0.05, 0) is 24.1 Å². The van der Waals surface area contributed by atoms with Crippen LogP contribution < -0.4 is 5.73 Å². The summed E-state index contributed by atoms with van der Waals surface area (Å²) in [4.78, 5) is 0. The first-order valence-electron chi connectivity index (χ1n) is 4.82. The number of aromatic nitrogens is 1. The van der Waals surface area contributed by atoms with Crippen LogP contribution in [0.2, 0.25) is 0 Å². The molecule has 2 aromatic rings. The molecule has 0 fully saturated rings. The molecule has 0 amide bonds. The van der Waals surface area contributed by atoms with Crippen LogP contribution in [0.4, 0.5) is 14.7 Å². The number of rotatable bonds is 2. The fourth-order valence-corrected chi connectivity index (χ4v) is 1.50. The molecule has 5 heteroatoms. The Morgan fingerprint density at radius 2 is 2.06 bits per heavy atom. The molecular formula is C11H10F2N2O. The normalized spacial score (nSPS) is 10.7. The Kier molecular flexibility index (Phi) is 2.60. The van der Waals surface area contributed by atoms with Crippen molar-refractivity contribution in [2.75, 3.05) is 5.73 Å². The summed E-state index contributed by atoms with van der Waals surface area (Å²) in [6, 6.07) is 2.71. The minimum absolute atomic E-state index is 0.0217. The van der Waals surface area contributed by atoms with Crippen molar-refractivity contribution in [3.05, 3.63) is 35.5 Å². The number of hydrogen-bond acceptors (Lipinski definition) is 3. The summed E-state index contributed by atoms with van der Waals surface area (Å²) in [5.74, 6) is -1.85. The van der Waals surface area contributed by atoms with Gasteiger partial charge in [0.15, 0.2) is 11.6 Å². The number of anilines is 1. The van der Waals surface area contributed by atoms with Crippen LogP contribution in [-0.4, -0.2) is 5.16 Å². The third-order valence-corrected chi connectivity index (χ3v) is 2.38. The van der Waals surface area contributed by atoms with Gasteiger partial charge in [-0.2, -0.15) is 0 Å². The second-order valence-electron chi connectivity index (χ2n) is 3.40. The molecule has 1 aromatic heterocycles. The third kappa shape index (κ3) is 1.64. The van der Waals surface area contributed by atoms with Crippen LogP contribution in [0.3, 0.4) is 0 Å². The molecule has 0 aliphatic carbocycles. The molecular weight excluding hydrogens is 214 g/mol. The fourth-order valence-electron chi connectivity index (χ4n) is 1.50. The molecule has 84 valence electrons. The van der Waals surface area contributed by atoms with Gasteiger partial charge in [0, 0.05) is 5.56 Å². The maximum Gasteiger partial charge on any atom is 0.230 e. The van der Waals surface area contributed by atoms with Crippen LogP contribution in [0.25, 0.3) is 11.1 Å². The van der Waals surface area contributed by atoms with Crippen LogP contribution in [0.1, 0.15) is 12.5 Å². The van der Waals surface area contributed by atoms with E-state index in [9.17, 15) is 8.78 Å². The number of halogens is 2. The molecule has 0 aliphatic rings. The second-order valence-corrected chi connectivity index (χ2v) is 3.40. The molecule has 0 atom stereocenters. The molecule has 2 N–H and O–H groups in total. The Bertz CT molecular complexity index is 523. The summed E-state index contributed by atoms with van der Waals surface area (Å²) in [6.45, 7) is 1.85. The molecule has 0 radical (unpaired) electrons. The van der Waals surface area contributed by atoms with Crippen molar-refractivity contribution in [1.29, 1.82) is 0 Å². The van der Waals surface area contributed by atoms with E-state index < -0.39 is 11.6 Å². The van der Waals surface area contributed by atoms with Gasteiger partial charge in [-0.1, -0.05) is 12.1 Å². The summed E-state index contributed by atoms with van der Waals surface area (Å²) in [5, 5.41) is 3.44. The van der Waals surface area contributed by atoms with Crippen molar-refractivity contribution in [3.8, 4) is 11.1 Å². The highest BCUT2D eigenvalue weighted by Gasteiger charge is 2.16. The molecule has 2 rings (SSSR count). The molecule has 0 spiro atoms. The molecule has 16 heavy (non-hydrogen) atoms. The zero-order chi connectivity index (χ0) is 11.7. The van der Waals surface area contributed by atoms with Crippen molar-refractivity contribution in [2.24, 2.45) is 0 Å². The summed E-state index contributed by atoms with van der Waals surface area (Å²) >= 11 is 0. The van der Waals surface area contributed by atoms with Gasteiger partial charge >= 0.3 is 0 Å². The van der Waals surface area contributed by atoms with Gasteiger partial charge in [-0.15, -0.1) is 0 Å². The fraction of sp³-hybridized carbons (Fsp3) is 0.182. The van der Waals surface area contributed by atoms with Gasteiger partial charge < -0.3 is 10.3 Å². The smallest absolute Gasteiger partial charge is 0.230 e. The maximum atomic E-state index is 13.6. The lowest BCUT2D eigenvalue weighted by Gasteiger charge is -2.05. The number of nitrogen functional groups attached to an aromatic ring is 1. The van der Waals surface area contributed by atoms with Gasteiger partial charge in [0.1, 0.15) is 0 Å². The van der Waals surface area contributed by atoms with Crippen molar-refractivity contribution in [1.82, 2.24) is 5.16 Å². The van der Waals surface area contributed by atoms with Crippen LogP contribution in [0, 0.1) is 11.6 Å². The first kappa shape index (κ1) is 10.6. The number of benzene rings is 1. The van der Waals surface area contributed by atoms with Gasteiger partial charge in [-0.25, -0.2) is 8.78 Å². The van der Waals surface area contributed by atoms with Crippen molar-refractivity contribution in [2.45, 2.75) is 13.3 Å². The Morgan fingerprint density at radius 3 is 2.62 bits per heavy atom. The van der Waals surface area contributed by atoms with Gasteiger partial charge in [0.2, 0.25) is 5.88 Å². The minimum atomic E-state index is -0.938. The first-order chi connectivity index (χ1) is 7.63. The largest absolute Gasteiger partial charge is 0.367 e. The zero-order valence-corrected chi connectivity index (χ0v) is 8.63. The quantitative estimate of drug-likeness (QED) is 0.853. The van der Waals surface area contributed by atoms with E-state index in [0.29, 0.717) is 12.0 Å². The predicted octanol–water partition coefficient (Wildman–Crippen LogP) is 2.76. The van der Waals surface area contributed by atoms with Gasteiger partial charge in [0.05, 0.1) is 11.8 Å². The Labute approximate surface area is 90.9 Å². The molecule has 1 heterocycles. The number of aryl methyl sites for hydroxylation is 1. The number of nitrogens with two attached hydrogens (primary N) is 1. The molecule has 3 nitrogen and oxygen atoms in total. The molecule has 1 aromatic carbocycles. The van der Waals surface area contributed by atoms with Gasteiger partial charge in [-0.3, -0.25) is 0 Å². The van der Waals surface area contributed by atoms with Gasteiger partial charge in [0.25, 0.3) is 0 Å². The third-order valence-electron chi connectivity index (χ3n) is 2.38. The van der Waals surface area contributed by atoms with Crippen LogP contribution in [0.5, 0.6) is 0 Å². The highest BCUT2D eigenvalue weighted by molar-refractivity contribution is 5.72. The molecule has 0 saturated carbocycles. The monoisotopic (exact) mass is 224 g/mol. The number of hydrogen-bond donors (Lipinski definition) is 1. The lowest BCUT2D eigenvalue weighted by molar-refractivity contribution is 0.436. The van der Waals surface area contributed by atoms with Crippen molar-refractivity contribution < 1.29 is 13.3 Å². The molecule has 0 aliphatic heterocycles. The van der Waals surface area contributed by atoms with Crippen LogP contribution in [-0.2, 0) is 6.42 Å². The Hall–Kier alpha value is -1.91. The van der Waals surface area contributed by atoms with E-state index >= 15 is 0 Å². The Balaban J connectivity index is 2.64. The van der Waals surface area contributed by atoms with E-state index in [2.05, 4.69) is 9.68 Å². The van der Waals surface area contributed by atoms with E-state index in [1.807, 2.05) is 6.92 Å². The maximum absolute atomic E-state index is 13.6. The molecule has 0 saturated heterocycles. The van der Waals surface area contributed by atoms with E-state index in [1.165, 1.54) is 12.3 Å². The lowest BCUT2D eigenvalue weighted by atomic mass is 10.0. The summed E-state index contributed by atoms with van der Waals surface area (Å²) in [7, 11) is 0. The zero-order valence-electron chi connectivity index (χ0n) is 8.63. The van der Waals surface area contributed by atoms with E-state index in [1.54, 1.807) is 6.07 Å². The highest BCUT2D eigenvalue weighted by Crippen LogP contribution is 2.30. The van der Waals surface area contributed by atoms with E-state index in [0.717, 1.165) is 0 Å². The second kappa shape index (κ2) is 3.92. The average Bonchev–Trinajstić information content (AvgIpc) is 2.68. The predicted molar refractivity (Wildman–Crippen MR) is 55.6 cm³/mol. The van der Waals surface area contributed by atoms with Crippen molar-refractivity contribution in [3.63, 3.8) is 0 Å². The Morgan fingerprint density at radius 1 is 1.31 bits per heavy atom. The summed E-state index contributed by atoms with van der Waals surface area (Å²) in [6.07, 6.45) is 1.88. The van der Waals surface area contributed by atoms with Crippen LogP contribution in [0.15, 0.2) is 22.9 Å². The number of nitrogens with zero attached hydrogens (tertiary/aromatic N) is 1. The first-order valence-corrected chi connectivity index (χ1v) is 4.82. The lowest BCUT2D eigenvalue weighted by Crippen LogP contribution is -1.94. The van der Waals surface area contributed by atoms with Crippen molar-refractivity contribution >= 4 is 5.88 Å². The highest BCUT2D eigenvalue weighted by atomic mass is 19.2. The SMILES string of the molecule is CCc1cc(F)c(F)c(-c2cnoc2N)c1. The minimum Gasteiger partial charge on any atom is -0.367 e. The van der Waals surface area contributed by atoms with E-state index in [-0.39, 0.29) is 17.0 Å².